The molecule has 0 amide bonds. The number of rotatable bonds is 2. The molecule has 0 aliphatic heterocycles. The third-order valence-corrected chi connectivity index (χ3v) is 0.999. The summed E-state index contributed by atoms with van der Waals surface area (Å²) < 4.78 is 4.54. The first-order chi connectivity index (χ1) is 4.45. The molecule has 0 heterocycles. The van der Waals surface area contributed by atoms with E-state index >= 15 is 0 Å². The van der Waals surface area contributed by atoms with E-state index in [4.69, 9.17) is 11.6 Å². The molecule has 0 aromatic carbocycles. The lowest BCUT2D eigenvalue weighted by molar-refractivity contribution is -0.143. The molecule has 10 heavy (non-hydrogen) atoms. The van der Waals surface area contributed by atoms with E-state index in [2.05, 4.69) is 4.74 Å². The molecule has 0 spiro atoms. The largest absolute Gasteiger partial charge is 0.449 e. The van der Waals surface area contributed by atoms with E-state index in [1.807, 2.05) is 20.8 Å². The number of carbonyl (C=O) groups is 1. The van der Waals surface area contributed by atoms with Crippen molar-refractivity contribution < 1.29 is 9.53 Å². The number of hydrogen-bond acceptors (Lipinski definition) is 2. The maximum atomic E-state index is 10.8. The number of carbonyl (C=O) groups excluding carboxylic acids is 1. The summed E-state index contributed by atoms with van der Waals surface area (Å²) in [5.41, 5.74) is -0.0108. The lowest BCUT2D eigenvalue weighted by Crippen LogP contribution is -2.14. The molecule has 60 valence electrons. The van der Waals surface area contributed by atoms with Crippen LogP contribution in [0.3, 0.4) is 0 Å². The minimum Gasteiger partial charge on any atom is -0.449 e. The minimum absolute atomic E-state index is 0.0108. The predicted molar refractivity (Wildman–Crippen MR) is 40.9 cm³/mol. The zero-order chi connectivity index (χ0) is 8.20. The fourth-order valence-corrected chi connectivity index (χ4v) is 0.667. The molecule has 0 aliphatic rings. The molecular weight excluding hydrogens is 152 g/mol. The third-order valence-electron chi connectivity index (χ3n) is 0.890. The molecule has 0 aromatic rings. The molecule has 0 unspecified atom stereocenters. The molecule has 0 bridgehead atoms. The second-order valence-corrected chi connectivity index (χ2v) is 3.58. The van der Waals surface area contributed by atoms with Crippen LogP contribution >= 0.6 is 11.6 Å². The maximum Gasteiger partial charge on any atom is 0.307 e. The second kappa shape index (κ2) is 3.81. The van der Waals surface area contributed by atoms with Crippen molar-refractivity contribution in [3.05, 3.63) is 0 Å². The third kappa shape index (κ3) is 5.89. The number of ether oxygens (including phenoxy) is 1. The highest BCUT2D eigenvalue weighted by Crippen LogP contribution is 2.18. The standard InChI is InChI=1S/C7H13ClO2/c1-7(2,3)4-6(9)10-5-8/h4-5H2,1-3H3. The molecule has 0 atom stereocenters. The molecule has 0 saturated heterocycles. The van der Waals surface area contributed by atoms with Gasteiger partial charge in [-0.3, -0.25) is 4.79 Å². The van der Waals surface area contributed by atoms with Gasteiger partial charge in [-0.25, -0.2) is 0 Å². The highest BCUT2D eigenvalue weighted by molar-refractivity contribution is 6.17. The van der Waals surface area contributed by atoms with E-state index in [1.165, 1.54) is 0 Å². The van der Waals surface area contributed by atoms with Crippen molar-refractivity contribution in [2.75, 3.05) is 6.07 Å². The molecule has 0 aromatic heterocycles. The van der Waals surface area contributed by atoms with Crippen molar-refractivity contribution in [2.45, 2.75) is 27.2 Å². The second-order valence-electron chi connectivity index (χ2n) is 3.36. The van der Waals surface area contributed by atoms with Crippen LogP contribution in [0.25, 0.3) is 0 Å². The summed E-state index contributed by atoms with van der Waals surface area (Å²) in [6.45, 7) is 5.92. The molecule has 0 rings (SSSR count). The van der Waals surface area contributed by atoms with E-state index in [-0.39, 0.29) is 17.5 Å². The van der Waals surface area contributed by atoms with Gasteiger partial charge in [-0.2, -0.15) is 0 Å². The van der Waals surface area contributed by atoms with E-state index in [0.29, 0.717) is 6.42 Å². The molecule has 3 heteroatoms. The van der Waals surface area contributed by atoms with Gasteiger partial charge < -0.3 is 4.74 Å². The molecule has 0 fully saturated rings. The van der Waals surface area contributed by atoms with Gasteiger partial charge in [0.25, 0.3) is 0 Å². The van der Waals surface area contributed by atoms with Crippen LogP contribution in [0.5, 0.6) is 0 Å². The number of halogens is 1. The van der Waals surface area contributed by atoms with Crippen LogP contribution in [0.4, 0.5) is 0 Å². The van der Waals surface area contributed by atoms with Gasteiger partial charge in [-0.1, -0.05) is 32.4 Å². The summed E-state index contributed by atoms with van der Waals surface area (Å²) in [6, 6.07) is -0.0467. The van der Waals surface area contributed by atoms with Crippen molar-refractivity contribution >= 4 is 17.6 Å². The van der Waals surface area contributed by atoms with E-state index in [9.17, 15) is 4.79 Å². The molecule has 0 radical (unpaired) electrons. The molecule has 2 nitrogen and oxygen atoms in total. The van der Waals surface area contributed by atoms with Crippen molar-refractivity contribution in [3.8, 4) is 0 Å². The van der Waals surface area contributed by atoms with E-state index in [1.54, 1.807) is 0 Å². The van der Waals surface area contributed by atoms with Crippen molar-refractivity contribution in [3.63, 3.8) is 0 Å². The Balaban J connectivity index is 3.58. The number of esters is 1. The van der Waals surface area contributed by atoms with Crippen LogP contribution < -0.4 is 0 Å². The Morgan fingerprint density at radius 1 is 1.50 bits per heavy atom. The fourth-order valence-electron chi connectivity index (χ4n) is 0.545. The Labute approximate surface area is 66.5 Å². The number of alkyl halides is 1. The molecular formula is C7H13ClO2. The minimum atomic E-state index is -0.234. The average Bonchev–Trinajstić information content (AvgIpc) is 1.59. The Kier molecular flexibility index (Phi) is 3.72. The van der Waals surface area contributed by atoms with E-state index in [0.717, 1.165) is 0 Å². The van der Waals surface area contributed by atoms with Gasteiger partial charge in [0.2, 0.25) is 0 Å². The summed E-state index contributed by atoms with van der Waals surface area (Å²) in [7, 11) is 0. The average molecular weight is 165 g/mol. The lowest BCUT2D eigenvalue weighted by Gasteiger charge is -2.15. The topological polar surface area (TPSA) is 26.3 Å². The first-order valence-electron chi connectivity index (χ1n) is 3.17. The first-order valence-corrected chi connectivity index (χ1v) is 3.71. The van der Waals surface area contributed by atoms with Gasteiger partial charge in [-0.15, -0.1) is 0 Å². The van der Waals surface area contributed by atoms with Crippen LogP contribution in [-0.4, -0.2) is 12.0 Å². The number of hydrogen-bond donors (Lipinski definition) is 0. The van der Waals surface area contributed by atoms with Gasteiger partial charge in [0, 0.05) is 0 Å². The molecule has 0 saturated carbocycles. The highest BCUT2D eigenvalue weighted by Gasteiger charge is 2.16. The SMILES string of the molecule is CC(C)(C)CC(=O)OCCl. The van der Waals surface area contributed by atoms with Crippen LogP contribution in [0.1, 0.15) is 27.2 Å². The molecule has 0 N–H and O–H groups in total. The maximum absolute atomic E-state index is 10.8. The molecule has 0 aliphatic carbocycles. The zero-order valence-corrected chi connectivity index (χ0v) is 7.36. The lowest BCUT2D eigenvalue weighted by atomic mass is 9.93. The van der Waals surface area contributed by atoms with Crippen molar-refractivity contribution in [2.24, 2.45) is 5.41 Å². The summed E-state index contributed by atoms with van der Waals surface area (Å²) in [4.78, 5) is 10.8. The Bertz CT molecular complexity index is 115. The normalized spacial score (nSPS) is 11.2. The van der Waals surface area contributed by atoms with Crippen LogP contribution in [0, 0.1) is 5.41 Å². The van der Waals surface area contributed by atoms with Crippen LogP contribution in [0.2, 0.25) is 0 Å². The Morgan fingerprint density at radius 3 is 2.30 bits per heavy atom. The summed E-state index contributed by atoms with van der Waals surface area (Å²) in [5.74, 6) is -0.234. The highest BCUT2D eigenvalue weighted by atomic mass is 35.5. The summed E-state index contributed by atoms with van der Waals surface area (Å²) in [5, 5.41) is 0. The Morgan fingerprint density at radius 2 is 2.00 bits per heavy atom. The van der Waals surface area contributed by atoms with Gasteiger partial charge in [0.1, 0.15) is 0 Å². The zero-order valence-electron chi connectivity index (χ0n) is 6.61. The fraction of sp³-hybridized carbons (Fsp3) is 0.857. The van der Waals surface area contributed by atoms with Gasteiger partial charge in [-0.05, 0) is 5.41 Å². The van der Waals surface area contributed by atoms with Gasteiger partial charge >= 0.3 is 5.97 Å². The monoisotopic (exact) mass is 164 g/mol. The summed E-state index contributed by atoms with van der Waals surface area (Å²) >= 11 is 5.18. The van der Waals surface area contributed by atoms with Crippen molar-refractivity contribution in [1.82, 2.24) is 0 Å². The van der Waals surface area contributed by atoms with Crippen LogP contribution in [-0.2, 0) is 9.53 Å². The first kappa shape index (κ1) is 9.76. The van der Waals surface area contributed by atoms with Gasteiger partial charge in [0.15, 0.2) is 6.07 Å². The quantitative estimate of drug-likeness (QED) is 0.462. The van der Waals surface area contributed by atoms with Gasteiger partial charge in [0.05, 0.1) is 6.42 Å². The summed E-state index contributed by atoms with van der Waals surface area (Å²) in [6.07, 6.45) is 0.416. The smallest absolute Gasteiger partial charge is 0.307 e. The Hall–Kier alpha value is -0.240. The van der Waals surface area contributed by atoms with Crippen LogP contribution in [0.15, 0.2) is 0 Å². The van der Waals surface area contributed by atoms with E-state index < -0.39 is 0 Å². The van der Waals surface area contributed by atoms with Crippen molar-refractivity contribution in [1.29, 1.82) is 0 Å². The predicted octanol–water partition coefficient (Wildman–Crippen LogP) is 2.16.